The number of anilines is 1. The number of amides is 1. The predicted molar refractivity (Wildman–Crippen MR) is 78.1 cm³/mol. The van der Waals surface area contributed by atoms with Crippen LogP contribution in [0.4, 0.5) is 5.69 Å². The summed E-state index contributed by atoms with van der Waals surface area (Å²) >= 11 is 0. The molecule has 0 aromatic heterocycles. The lowest BCUT2D eigenvalue weighted by Crippen LogP contribution is -2.45. The highest BCUT2D eigenvalue weighted by molar-refractivity contribution is 6.00. The summed E-state index contributed by atoms with van der Waals surface area (Å²) in [5.74, 6) is 0.978. The van der Waals surface area contributed by atoms with Gasteiger partial charge in [-0.05, 0) is 31.0 Å². The number of carbonyl (C=O) groups excluding carboxylic acids is 1. The smallest absolute Gasteiger partial charge is 0.232 e. The largest absolute Gasteiger partial charge is 0.312 e. The number of likely N-dealkylation sites (N-methyl/N-ethyl adjacent to an activating group) is 1. The Hall–Kier alpha value is -1.06. The van der Waals surface area contributed by atoms with Gasteiger partial charge < -0.3 is 9.80 Å². The number of likely N-dealkylation sites (tertiary alicyclic amines) is 1. The maximum absolute atomic E-state index is 12.6. The van der Waals surface area contributed by atoms with Gasteiger partial charge in [0.25, 0.3) is 0 Å². The summed E-state index contributed by atoms with van der Waals surface area (Å²) in [6, 6.07) is 6.60. The third kappa shape index (κ3) is 1.72. The van der Waals surface area contributed by atoms with Crippen LogP contribution in [0.15, 0.2) is 18.2 Å². The van der Waals surface area contributed by atoms with Crippen LogP contribution in [0.3, 0.4) is 0 Å². The van der Waals surface area contributed by atoms with Crippen LogP contribution >= 0.6 is 12.4 Å². The van der Waals surface area contributed by atoms with Gasteiger partial charge in [0.05, 0.1) is 11.6 Å². The Balaban J connectivity index is 0.00000110. The van der Waals surface area contributed by atoms with Crippen LogP contribution in [-0.2, 0) is 11.2 Å². The van der Waals surface area contributed by atoms with E-state index < -0.39 is 0 Å². The molecule has 3 aliphatic heterocycles. The first-order chi connectivity index (χ1) is 8.75. The van der Waals surface area contributed by atoms with Crippen molar-refractivity contribution in [1.29, 1.82) is 0 Å². The number of fused-ring (bicyclic) bond motifs is 2. The average molecular weight is 279 g/mol. The zero-order valence-electron chi connectivity index (χ0n) is 11.1. The average Bonchev–Trinajstić information content (AvgIpc) is 2.78. The van der Waals surface area contributed by atoms with Crippen LogP contribution < -0.4 is 4.90 Å². The number of aryl methyl sites for hydroxylation is 1. The Morgan fingerprint density at radius 3 is 2.84 bits per heavy atom. The van der Waals surface area contributed by atoms with Gasteiger partial charge in [-0.3, -0.25) is 4.79 Å². The molecule has 0 aliphatic carbocycles. The highest BCUT2D eigenvalue weighted by atomic mass is 35.5. The summed E-state index contributed by atoms with van der Waals surface area (Å²) < 4.78 is 0. The summed E-state index contributed by atoms with van der Waals surface area (Å²) in [5, 5.41) is 0. The first-order valence-corrected chi connectivity index (χ1v) is 6.87. The maximum atomic E-state index is 12.6. The number of hydrogen-bond donors (Lipinski definition) is 0. The highest BCUT2D eigenvalue weighted by Gasteiger charge is 2.45. The summed E-state index contributed by atoms with van der Waals surface area (Å²) in [4.78, 5) is 17.0. The third-order valence-corrected chi connectivity index (χ3v) is 4.73. The van der Waals surface area contributed by atoms with Crippen molar-refractivity contribution < 1.29 is 4.79 Å². The van der Waals surface area contributed by atoms with Crippen LogP contribution in [0.25, 0.3) is 0 Å². The second kappa shape index (κ2) is 4.50. The highest BCUT2D eigenvalue weighted by Crippen LogP contribution is 2.46. The van der Waals surface area contributed by atoms with E-state index in [1.165, 1.54) is 16.8 Å². The van der Waals surface area contributed by atoms with Gasteiger partial charge in [-0.1, -0.05) is 18.2 Å². The Morgan fingerprint density at radius 1 is 1.21 bits per heavy atom. The molecule has 102 valence electrons. The number of para-hydroxylation sites is 1. The van der Waals surface area contributed by atoms with Crippen molar-refractivity contribution in [3.63, 3.8) is 0 Å². The third-order valence-electron chi connectivity index (χ3n) is 4.73. The molecular weight excluding hydrogens is 260 g/mol. The summed E-state index contributed by atoms with van der Waals surface area (Å²) in [7, 11) is 2.12. The lowest BCUT2D eigenvalue weighted by molar-refractivity contribution is -0.122. The van der Waals surface area contributed by atoms with Crippen molar-refractivity contribution in [3.8, 4) is 0 Å². The Labute approximate surface area is 120 Å². The minimum Gasteiger partial charge on any atom is -0.312 e. The zero-order chi connectivity index (χ0) is 12.3. The van der Waals surface area contributed by atoms with Gasteiger partial charge in [-0.15, -0.1) is 12.4 Å². The van der Waals surface area contributed by atoms with Crippen molar-refractivity contribution in [2.75, 3.05) is 31.6 Å². The van der Waals surface area contributed by atoms with Crippen LogP contribution in [0.5, 0.6) is 0 Å². The van der Waals surface area contributed by atoms with Gasteiger partial charge in [0, 0.05) is 25.6 Å². The molecule has 0 radical (unpaired) electrons. The van der Waals surface area contributed by atoms with E-state index in [9.17, 15) is 4.79 Å². The van der Waals surface area contributed by atoms with E-state index in [1.807, 2.05) is 0 Å². The molecule has 4 rings (SSSR count). The summed E-state index contributed by atoms with van der Waals surface area (Å²) in [5.41, 5.74) is 4.05. The van der Waals surface area contributed by atoms with E-state index in [4.69, 9.17) is 0 Å². The van der Waals surface area contributed by atoms with Gasteiger partial charge in [0.15, 0.2) is 0 Å². The molecule has 0 spiro atoms. The van der Waals surface area contributed by atoms with Crippen LogP contribution in [0.1, 0.15) is 23.5 Å². The second-order valence-corrected chi connectivity index (χ2v) is 5.88. The number of hydrogen-bond acceptors (Lipinski definition) is 2. The quantitative estimate of drug-likeness (QED) is 0.725. The molecule has 1 fully saturated rings. The minimum atomic E-state index is 0. The van der Waals surface area contributed by atoms with Crippen molar-refractivity contribution in [1.82, 2.24) is 4.90 Å². The fourth-order valence-electron chi connectivity index (χ4n) is 3.97. The van der Waals surface area contributed by atoms with Gasteiger partial charge in [-0.25, -0.2) is 0 Å². The number of benzene rings is 1. The molecule has 1 amide bonds. The van der Waals surface area contributed by atoms with Gasteiger partial charge in [0.2, 0.25) is 5.91 Å². The minimum absolute atomic E-state index is 0. The molecular formula is C15H19ClN2O. The number of rotatable bonds is 0. The monoisotopic (exact) mass is 278 g/mol. The van der Waals surface area contributed by atoms with Crippen molar-refractivity contribution in [2.45, 2.75) is 18.8 Å². The number of halogens is 1. The molecule has 0 bridgehead atoms. The van der Waals surface area contributed by atoms with E-state index in [-0.39, 0.29) is 18.3 Å². The van der Waals surface area contributed by atoms with E-state index in [1.54, 1.807) is 0 Å². The Bertz CT molecular complexity index is 531. The first-order valence-electron chi connectivity index (χ1n) is 6.87. The molecule has 3 aliphatic rings. The van der Waals surface area contributed by atoms with E-state index in [0.29, 0.717) is 11.8 Å². The molecule has 0 saturated carbocycles. The lowest BCUT2D eigenvalue weighted by atomic mass is 9.80. The normalized spacial score (nSPS) is 28.7. The molecule has 1 saturated heterocycles. The number of nitrogens with zero attached hydrogens (tertiary/aromatic N) is 2. The van der Waals surface area contributed by atoms with Crippen molar-refractivity contribution in [3.05, 3.63) is 29.3 Å². The predicted octanol–water partition coefficient (Wildman–Crippen LogP) is 2.05. The first kappa shape index (κ1) is 12.9. The maximum Gasteiger partial charge on any atom is 0.232 e. The summed E-state index contributed by atoms with van der Waals surface area (Å²) in [6.45, 7) is 2.86. The van der Waals surface area contributed by atoms with Crippen LogP contribution in [-0.4, -0.2) is 37.5 Å². The second-order valence-electron chi connectivity index (χ2n) is 5.88. The fourth-order valence-corrected chi connectivity index (χ4v) is 3.97. The van der Waals surface area contributed by atoms with Crippen LogP contribution in [0.2, 0.25) is 0 Å². The Morgan fingerprint density at radius 2 is 2.00 bits per heavy atom. The molecule has 4 heteroatoms. The Kier molecular flexibility index (Phi) is 3.06. The van der Waals surface area contributed by atoms with Crippen molar-refractivity contribution in [2.24, 2.45) is 5.92 Å². The molecule has 2 atom stereocenters. The zero-order valence-corrected chi connectivity index (χ0v) is 11.9. The standard InChI is InChI=1S/C15H18N2O.ClH/c1-16-8-12-11-6-2-4-10-5-3-7-17(14(10)11)15(18)13(12)9-16;/h2,4,6,12-13H,3,5,7-9H2,1H3;1H/t12-,13+;/m0./s1. The SMILES string of the molecule is CN1C[C@H]2C(=O)N3CCCc4cccc(c43)[C@@H]2C1.Cl. The molecule has 3 heterocycles. The van der Waals surface area contributed by atoms with Crippen LogP contribution in [0, 0.1) is 5.92 Å². The van der Waals surface area contributed by atoms with E-state index in [0.717, 1.165) is 32.5 Å². The summed E-state index contributed by atoms with van der Waals surface area (Å²) in [6.07, 6.45) is 2.23. The molecule has 1 aromatic rings. The topological polar surface area (TPSA) is 23.6 Å². The molecule has 0 unspecified atom stereocenters. The van der Waals surface area contributed by atoms with E-state index >= 15 is 0 Å². The van der Waals surface area contributed by atoms with Gasteiger partial charge in [-0.2, -0.15) is 0 Å². The lowest BCUT2D eigenvalue weighted by Gasteiger charge is -2.40. The molecule has 19 heavy (non-hydrogen) atoms. The van der Waals surface area contributed by atoms with Gasteiger partial charge in [0.1, 0.15) is 0 Å². The van der Waals surface area contributed by atoms with E-state index in [2.05, 4.69) is 35.0 Å². The molecule has 3 nitrogen and oxygen atoms in total. The van der Waals surface area contributed by atoms with Crippen molar-refractivity contribution >= 4 is 24.0 Å². The molecule has 1 aromatic carbocycles. The van der Waals surface area contributed by atoms with Gasteiger partial charge >= 0.3 is 0 Å². The molecule has 0 N–H and O–H groups in total. The number of carbonyl (C=O) groups is 1. The fraction of sp³-hybridized carbons (Fsp3) is 0.533.